The number of esters is 1. The topological polar surface area (TPSA) is 192 Å². The van der Waals surface area contributed by atoms with Crippen molar-refractivity contribution in [2.24, 2.45) is 0 Å². The second-order valence-corrected chi connectivity index (χ2v) is 17.3. The first-order valence-electron chi connectivity index (χ1n) is 22.4. The van der Waals surface area contributed by atoms with Crippen molar-refractivity contribution in [2.75, 3.05) is 19.8 Å². The molecule has 0 aromatic carbocycles. The molecule has 0 amide bonds. The lowest BCUT2D eigenvalue weighted by atomic mass is 9.85. The van der Waals surface area contributed by atoms with Gasteiger partial charge in [-0.15, -0.1) is 0 Å². The fourth-order valence-electron chi connectivity index (χ4n) is 7.12. The molecule has 0 radical (unpaired) electrons. The minimum absolute atomic E-state index is 0.0683. The molecule has 328 valence electrons. The van der Waals surface area contributed by atoms with Crippen LogP contribution in [0.4, 0.5) is 0 Å². The lowest BCUT2D eigenvalue weighted by Crippen LogP contribution is -2.64. The van der Waals surface area contributed by atoms with E-state index >= 15 is 0 Å². The summed E-state index contributed by atoms with van der Waals surface area (Å²) in [5, 5.41) is 50.1. The first-order chi connectivity index (χ1) is 26.5. The molecule has 0 aromatic rings. The van der Waals surface area contributed by atoms with Crippen LogP contribution in [0.3, 0.4) is 0 Å². The van der Waals surface area contributed by atoms with Crippen molar-refractivity contribution >= 4 is 13.8 Å². The van der Waals surface area contributed by atoms with Crippen LogP contribution in [0.1, 0.15) is 200 Å². The number of aliphatic hydroxyl groups excluding tert-OH is 5. The van der Waals surface area contributed by atoms with Gasteiger partial charge in [-0.05, 0) is 12.8 Å². The SMILES string of the molecule is CCCCCCCCCCCCCCCCCC(=O)OC(COCCCCCCCCCCCCCCC)COP(=O)(O)OC1C(O)C(O)C(O)C(O)C1O. The van der Waals surface area contributed by atoms with E-state index in [1.165, 1.54) is 135 Å². The van der Waals surface area contributed by atoms with Gasteiger partial charge in [0.25, 0.3) is 0 Å². The van der Waals surface area contributed by atoms with Crippen LogP contribution in [0.2, 0.25) is 0 Å². The fourth-order valence-corrected chi connectivity index (χ4v) is 8.09. The molecule has 1 rings (SSSR count). The average molecular weight is 811 g/mol. The standard InChI is InChI=1S/C42H83O12P/c1-3-5-7-9-11-13-15-17-18-19-21-23-25-27-29-31-36(43)53-35(33-51-32-30-28-26-24-22-20-16-14-12-10-8-6-4-2)34-52-55(49,50)54-42-40(47)38(45)37(44)39(46)41(42)48/h35,37-42,44-48H,3-34H2,1-2H3,(H,49,50). The number of hydrogen-bond donors (Lipinski definition) is 6. The van der Waals surface area contributed by atoms with Crippen LogP contribution in [0.5, 0.6) is 0 Å². The second-order valence-electron chi connectivity index (χ2n) is 15.9. The van der Waals surface area contributed by atoms with Gasteiger partial charge in [0.2, 0.25) is 0 Å². The van der Waals surface area contributed by atoms with E-state index in [0.717, 1.165) is 38.5 Å². The van der Waals surface area contributed by atoms with Gasteiger partial charge in [-0.3, -0.25) is 13.8 Å². The molecule has 0 saturated heterocycles. The molecule has 6 unspecified atom stereocenters. The van der Waals surface area contributed by atoms with Crippen molar-refractivity contribution in [1.82, 2.24) is 0 Å². The van der Waals surface area contributed by atoms with E-state index in [9.17, 15) is 39.8 Å². The first kappa shape index (κ1) is 52.4. The summed E-state index contributed by atoms with van der Waals surface area (Å²) in [6.07, 6.45) is 21.7. The molecule has 1 aliphatic rings. The summed E-state index contributed by atoms with van der Waals surface area (Å²) in [7, 11) is -5.00. The van der Waals surface area contributed by atoms with Crippen molar-refractivity contribution in [3.8, 4) is 0 Å². The molecular weight excluding hydrogens is 727 g/mol. The van der Waals surface area contributed by atoms with Crippen LogP contribution in [-0.4, -0.2) is 98.9 Å². The molecule has 6 atom stereocenters. The normalized spacial score (nSPS) is 23.1. The van der Waals surface area contributed by atoms with Crippen molar-refractivity contribution in [2.45, 2.75) is 243 Å². The third-order valence-corrected chi connectivity index (χ3v) is 11.7. The minimum Gasteiger partial charge on any atom is -0.457 e. The average Bonchev–Trinajstić information content (AvgIpc) is 3.17. The molecule has 1 aliphatic carbocycles. The van der Waals surface area contributed by atoms with Gasteiger partial charge in [-0.2, -0.15) is 0 Å². The van der Waals surface area contributed by atoms with Crippen LogP contribution >= 0.6 is 7.82 Å². The fraction of sp³-hybridized carbons (Fsp3) is 0.976. The van der Waals surface area contributed by atoms with Crippen LogP contribution < -0.4 is 0 Å². The smallest absolute Gasteiger partial charge is 0.457 e. The predicted octanol–water partition coefficient (Wildman–Crippen LogP) is 8.59. The molecule has 6 N–H and O–H groups in total. The summed E-state index contributed by atoms with van der Waals surface area (Å²) in [6.45, 7) is 4.28. The van der Waals surface area contributed by atoms with Crippen molar-refractivity contribution in [3.05, 3.63) is 0 Å². The Balaban J connectivity index is 2.40. The number of carbonyl (C=O) groups is 1. The Morgan fingerprint density at radius 1 is 0.509 bits per heavy atom. The van der Waals surface area contributed by atoms with E-state index in [1.807, 2.05) is 0 Å². The molecule has 0 bridgehead atoms. The number of phosphoric acid groups is 1. The third kappa shape index (κ3) is 26.9. The van der Waals surface area contributed by atoms with Gasteiger partial charge in [-0.1, -0.05) is 181 Å². The molecule has 1 fully saturated rings. The molecule has 0 spiro atoms. The highest BCUT2D eigenvalue weighted by Gasteiger charge is 2.51. The van der Waals surface area contributed by atoms with Gasteiger partial charge in [0.05, 0.1) is 13.2 Å². The van der Waals surface area contributed by atoms with E-state index in [4.69, 9.17) is 18.5 Å². The molecule has 12 nitrogen and oxygen atoms in total. The highest BCUT2D eigenvalue weighted by molar-refractivity contribution is 7.47. The zero-order chi connectivity index (χ0) is 40.6. The summed E-state index contributed by atoms with van der Waals surface area (Å²) < 4.78 is 34.1. The molecule has 0 aliphatic heterocycles. The quantitative estimate of drug-likeness (QED) is 0.0198. The minimum atomic E-state index is -5.00. The van der Waals surface area contributed by atoms with Gasteiger partial charge in [0.1, 0.15) is 42.7 Å². The van der Waals surface area contributed by atoms with Gasteiger partial charge < -0.3 is 39.9 Å². The van der Waals surface area contributed by atoms with E-state index in [1.54, 1.807) is 0 Å². The lowest BCUT2D eigenvalue weighted by molar-refractivity contribution is -0.220. The Bertz CT molecular complexity index is 926. The molecular formula is C42H83O12P. The highest BCUT2D eigenvalue weighted by atomic mass is 31.2. The van der Waals surface area contributed by atoms with E-state index in [-0.39, 0.29) is 13.0 Å². The van der Waals surface area contributed by atoms with Gasteiger partial charge in [0, 0.05) is 13.0 Å². The van der Waals surface area contributed by atoms with E-state index < -0.39 is 63.1 Å². The zero-order valence-electron chi connectivity index (χ0n) is 34.7. The summed E-state index contributed by atoms with van der Waals surface area (Å²) in [5.41, 5.74) is 0. The summed E-state index contributed by atoms with van der Waals surface area (Å²) in [5.74, 6) is -0.472. The predicted molar refractivity (Wildman–Crippen MR) is 217 cm³/mol. The number of phosphoric ester groups is 1. The second kappa shape index (κ2) is 34.2. The van der Waals surface area contributed by atoms with Crippen LogP contribution in [-0.2, 0) is 27.9 Å². The van der Waals surface area contributed by atoms with E-state index in [2.05, 4.69) is 13.8 Å². The van der Waals surface area contributed by atoms with Crippen molar-refractivity contribution < 1.29 is 58.3 Å². The zero-order valence-corrected chi connectivity index (χ0v) is 35.6. The number of rotatable bonds is 38. The van der Waals surface area contributed by atoms with Crippen molar-refractivity contribution in [3.63, 3.8) is 0 Å². The number of carbonyl (C=O) groups excluding carboxylic acids is 1. The van der Waals surface area contributed by atoms with Gasteiger partial charge in [-0.25, -0.2) is 4.57 Å². The molecule has 13 heteroatoms. The highest BCUT2D eigenvalue weighted by Crippen LogP contribution is 2.47. The van der Waals surface area contributed by atoms with Crippen LogP contribution in [0.25, 0.3) is 0 Å². The Morgan fingerprint density at radius 3 is 1.25 bits per heavy atom. The largest absolute Gasteiger partial charge is 0.472 e. The maximum atomic E-state index is 12.8. The van der Waals surface area contributed by atoms with Crippen LogP contribution in [0, 0.1) is 0 Å². The Morgan fingerprint density at radius 2 is 0.855 bits per heavy atom. The maximum Gasteiger partial charge on any atom is 0.472 e. The van der Waals surface area contributed by atoms with Crippen molar-refractivity contribution in [1.29, 1.82) is 0 Å². The summed E-state index contributed by atoms with van der Waals surface area (Å²) >= 11 is 0. The molecule has 1 saturated carbocycles. The number of ether oxygens (including phenoxy) is 2. The molecule has 55 heavy (non-hydrogen) atoms. The van der Waals surface area contributed by atoms with Gasteiger partial charge in [0.15, 0.2) is 0 Å². The first-order valence-corrected chi connectivity index (χ1v) is 23.9. The summed E-state index contributed by atoms with van der Waals surface area (Å²) in [4.78, 5) is 23.1. The van der Waals surface area contributed by atoms with Crippen LogP contribution in [0.15, 0.2) is 0 Å². The third-order valence-electron chi connectivity index (χ3n) is 10.7. The molecule has 0 aromatic heterocycles. The number of hydrogen-bond acceptors (Lipinski definition) is 11. The Hall–Kier alpha value is -0.660. The monoisotopic (exact) mass is 811 g/mol. The Labute approximate surface area is 334 Å². The van der Waals surface area contributed by atoms with E-state index in [0.29, 0.717) is 13.0 Å². The molecule has 0 heterocycles. The Kier molecular flexibility index (Phi) is 32.6. The summed E-state index contributed by atoms with van der Waals surface area (Å²) in [6, 6.07) is 0. The number of unbranched alkanes of at least 4 members (excludes halogenated alkanes) is 26. The van der Waals surface area contributed by atoms with Gasteiger partial charge >= 0.3 is 13.8 Å². The lowest BCUT2D eigenvalue weighted by Gasteiger charge is -2.41. The maximum absolute atomic E-state index is 12.8. The number of aliphatic hydroxyl groups is 5.